The summed E-state index contributed by atoms with van der Waals surface area (Å²) in [6, 6.07) is 9.57. The molecule has 2 aromatic carbocycles. The summed E-state index contributed by atoms with van der Waals surface area (Å²) in [4.78, 5) is 6.08. The van der Waals surface area contributed by atoms with Crippen LogP contribution in [0.5, 0.6) is 0 Å². The van der Waals surface area contributed by atoms with E-state index in [4.69, 9.17) is 23.2 Å². The minimum atomic E-state index is -4.26. The Bertz CT molecular complexity index is 1230. The lowest BCUT2D eigenvalue weighted by molar-refractivity contribution is 0.437. The monoisotopic (exact) mass is 531 g/mol. The number of hydrogen-bond donors (Lipinski definition) is 1. The summed E-state index contributed by atoms with van der Waals surface area (Å²) in [7, 11) is -0.371. The van der Waals surface area contributed by atoms with Crippen molar-refractivity contribution in [1.82, 2.24) is 9.88 Å². The van der Waals surface area contributed by atoms with E-state index >= 15 is 0 Å². The molecular formula is C22H21Cl2F2N3O2S2. The van der Waals surface area contributed by atoms with E-state index in [-0.39, 0.29) is 21.0 Å². The van der Waals surface area contributed by atoms with Crippen molar-refractivity contribution in [1.29, 1.82) is 0 Å². The van der Waals surface area contributed by atoms with Crippen LogP contribution in [-0.2, 0) is 9.84 Å². The van der Waals surface area contributed by atoms with Gasteiger partial charge in [0.15, 0.2) is 9.84 Å². The van der Waals surface area contributed by atoms with Gasteiger partial charge in [0, 0.05) is 29.1 Å². The maximum atomic E-state index is 14.8. The summed E-state index contributed by atoms with van der Waals surface area (Å²) >= 11 is 13.6. The Morgan fingerprint density at radius 3 is 2.42 bits per heavy atom. The molecule has 0 fully saturated rings. The number of benzene rings is 2. The molecule has 0 radical (unpaired) electrons. The van der Waals surface area contributed by atoms with Crippen LogP contribution in [0, 0.1) is 11.6 Å². The molecule has 33 heavy (non-hydrogen) atoms. The number of anilines is 1. The first kappa shape index (κ1) is 25.7. The number of sulfone groups is 1. The van der Waals surface area contributed by atoms with Gasteiger partial charge >= 0.3 is 0 Å². The molecule has 0 spiro atoms. The van der Waals surface area contributed by atoms with E-state index in [0.29, 0.717) is 10.8 Å². The zero-order valence-corrected chi connectivity index (χ0v) is 20.9. The van der Waals surface area contributed by atoms with Crippen LogP contribution >= 0.6 is 35.1 Å². The number of hydrogen-bond acceptors (Lipinski definition) is 6. The van der Waals surface area contributed by atoms with Gasteiger partial charge in [0.25, 0.3) is 0 Å². The topological polar surface area (TPSA) is 62.3 Å². The maximum Gasteiger partial charge on any atom is 0.189 e. The molecule has 3 aromatic rings. The van der Waals surface area contributed by atoms with Crippen molar-refractivity contribution in [3.8, 4) is 0 Å². The molecule has 1 heterocycles. The Balaban J connectivity index is 2.11. The SMILES string of the molecule is CN(C)CCSNc1cc(C(c2cc(F)ccc2F)S(=O)(=O)c2ccc(Cl)cc2)c(Cl)cn1. The van der Waals surface area contributed by atoms with Gasteiger partial charge in [-0.05, 0) is 68.2 Å². The van der Waals surface area contributed by atoms with Crippen LogP contribution in [0.2, 0.25) is 10.0 Å². The fourth-order valence-electron chi connectivity index (χ4n) is 3.04. The second-order valence-electron chi connectivity index (χ2n) is 7.39. The van der Waals surface area contributed by atoms with Crippen LogP contribution in [-0.4, -0.2) is 44.7 Å². The van der Waals surface area contributed by atoms with Gasteiger partial charge in [0.05, 0.1) is 9.92 Å². The summed E-state index contributed by atoms with van der Waals surface area (Å²) in [6.07, 6.45) is 1.29. The van der Waals surface area contributed by atoms with Crippen LogP contribution in [0.25, 0.3) is 0 Å². The maximum absolute atomic E-state index is 14.8. The van der Waals surface area contributed by atoms with Gasteiger partial charge in [-0.3, -0.25) is 0 Å². The molecule has 0 amide bonds. The lowest BCUT2D eigenvalue weighted by Gasteiger charge is -2.21. The molecule has 0 aliphatic heterocycles. The van der Waals surface area contributed by atoms with E-state index in [2.05, 4.69) is 9.71 Å². The van der Waals surface area contributed by atoms with E-state index in [0.717, 1.165) is 30.5 Å². The Morgan fingerprint density at radius 2 is 1.76 bits per heavy atom. The number of nitrogens with zero attached hydrogens (tertiary/aromatic N) is 2. The summed E-state index contributed by atoms with van der Waals surface area (Å²) in [5.74, 6) is -0.573. The first-order valence-corrected chi connectivity index (χ1v) is 13.0. The van der Waals surface area contributed by atoms with Gasteiger partial charge in [-0.1, -0.05) is 35.1 Å². The highest BCUT2D eigenvalue weighted by atomic mass is 35.5. The molecule has 1 N–H and O–H groups in total. The highest BCUT2D eigenvalue weighted by molar-refractivity contribution is 8.00. The molecule has 0 aliphatic rings. The molecule has 0 bridgehead atoms. The van der Waals surface area contributed by atoms with Crippen LogP contribution in [0.1, 0.15) is 16.4 Å². The van der Waals surface area contributed by atoms with Gasteiger partial charge in [-0.25, -0.2) is 22.2 Å². The average molecular weight is 532 g/mol. The number of rotatable bonds is 9. The Labute approximate surface area is 206 Å². The lowest BCUT2D eigenvalue weighted by atomic mass is 10.0. The predicted molar refractivity (Wildman–Crippen MR) is 131 cm³/mol. The summed E-state index contributed by atoms with van der Waals surface area (Å²) < 4.78 is 59.3. The Kier molecular flexibility index (Phi) is 8.58. The van der Waals surface area contributed by atoms with Crippen molar-refractivity contribution < 1.29 is 17.2 Å². The number of nitrogens with one attached hydrogen (secondary N) is 1. The van der Waals surface area contributed by atoms with Gasteiger partial charge in [-0.2, -0.15) is 0 Å². The molecule has 1 atom stereocenters. The molecule has 176 valence electrons. The molecule has 5 nitrogen and oxygen atoms in total. The zero-order valence-electron chi connectivity index (χ0n) is 17.7. The van der Waals surface area contributed by atoms with Crippen molar-refractivity contribution in [3.05, 3.63) is 87.5 Å². The first-order chi connectivity index (χ1) is 15.6. The molecule has 3 rings (SSSR count). The Hall–Kier alpha value is -1.91. The second-order valence-corrected chi connectivity index (χ2v) is 11.2. The van der Waals surface area contributed by atoms with Crippen LogP contribution in [0.4, 0.5) is 14.6 Å². The third-order valence-corrected chi connectivity index (χ3v) is 8.04. The largest absolute Gasteiger partial charge is 0.314 e. The average Bonchev–Trinajstić information content (AvgIpc) is 2.76. The van der Waals surface area contributed by atoms with Crippen LogP contribution < -0.4 is 4.72 Å². The lowest BCUT2D eigenvalue weighted by Crippen LogP contribution is -2.18. The molecular weight excluding hydrogens is 511 g/mol. The molecule has 0 saturated carbocycles. The molecule has 11 heteroatoms. The molecule has 1 aromatic heterocycles. The van der Waals surface area contributed by atoms with Crippen molar-refractivity contribution >= 4 is 50.8 Å². The van der Waals surface area contributed by atoms with Gasteiger partial charge < -0.3 is 9.62 Å². The van der Waals surface area contributed by atoms with Crippen molar-refractivity contribution in [2.45, 2.75) is 10.1 Å². The summed E-state index contributed by atoms with van der Waals surface area (Å²) in [5.41, 5.74) is -0.286. The second kappa shape index (κ2) is 11.0. The number of pyridine rings is 1. The number of aromatic nitrogens is 1. The first-order valence-electron chi connectivity index (χ1n) is 9.72. The predicted octanol–water partition coefficient (Wildman–Crippen LogP) is 5.85. The van der Waals surface area contributed by atoms with Crippen LogP contribution in [0.3, 0.4) is 0 Å². The van der Waals surface area contributed by atoms with E-state index in [9.17, 15) is 17.2 Å². The van der Waals surface area contributed by atoms with Crippen molar-refractivity contribution in [3.63, 3.8) is 0 Å². The van der Waals surface area contributed by atoms with Gasteiger partial charge in [0.2, 0.25) is 0 Å². The van der Waals surface area contributed by atoms with Gasteiger partial charge in [0.1, 0.15) is 22.7 Å². The van der Waals surface area contributed by atoms with Crippen molar-refractivity contribution in [2.75, 3.05) is 31.1 Å². The highest BCUT2D eigenvalue weighted by Crippen LogP contribution is 2.40. The third-order valence-electron chi connectivity index (χ3n) is 4.68. The van der Waals surface area contributed by atoms with E-state index in [1.165, 1.54) is 48.5 Å². The van der Waals surface area contributed by atoms with E-state index in [1.807, 2.05) is 19.0 Å². The summed E-state index contributed by atoms with van der Waals surface area (Å²) in [6.45, 7) is 0.806. The highest BCUT2D eigenvalue weighted by Gasteiger charge is 2.35. The standard InChI is InChI=1S/C22H21Cl2F2N3O2S2/c1-29(2)9-10-32-28-21-12-17(19(24)13-27-21)22(18-11-15(25)5-8-20(18)26)33(30,31)16-6-3-14(23)4-7-16/h3-8,11-13,22H,9-10H2,1-2H3,(H,27,28). The van der Waals surface area contributed by atoms with E-state index < -0.39 is 26.7 Å². The minimum absolute atomic E-state index is 0.00467. The van der Waals surface area contributed by atoms with Crippen molar-refractivity contribution in [2.24, 2.45) is 0 Å². The fraction of sp³-hybridized carbons (Fsp3) is 0.227. The van der Waals surface area contributed by atoms with E-state index in [1.54, 1.807) is 0 Å². The smallest absolute Gasteiger partial charge is 0.189 e. The quantitative estimate of drug-likeness (QED) is 0.276. The molecule has 1 unspecified atom stereocenters. The van der Waals surface area contributed by atoms with Crippen LogP contribution in [0.15, 0.2) is 59.6 Å². The third kappa shape index (κ3) is 6.36. The fourth-order valence-corrected chi connectivity index (χ4v) is 6.09. The zero-order chi connectivity index (χ0) is 24.2. The number of halogens is 4. The minimum Gasteiger partial charge on any atom is -0.314 e. The molecule has 0 saturated heterocycles. The molecule has 0 aliphatic carbocycles. The normalized spacial score (nSPS) is 12.7. The summed E-state index contributed by atoms with van der Waals surface area (Å²) in [5, 5.41) is -1.27. The van der Waals surface area contributed by atoms with Gasteiger partial charge in [-0.15, -0.1) is 0 Å². The Morgan fingerprint density at radius 1 is 1.06 bits per heavy atom.